The van der Waals surface area contributed by atoms with Gasteiger partial charge < -0.3 is 14.2 Å². The van der Waals surface area contributed by atoms with Gasteiger partial charge in [0, 0.05) is 12.1 Å². The topological polar surface area (TPSA) is 70.8 Å². The first-order valence-electron chi connectivity index (χ1n) is 13.8. The Morgan fingerprint density at radius 2 is 1.54 bits per heavy atom. The van der Waals surface area contributed by atoms with E-state index in [9.17, 15) is 14.4 Å². The molecule has 3 heterocycles. The zero-order chi connectivity index (χ0) is 28.3. The Labute approximate surface area is 237 Å². The number of carbonyl (C=O) groups is 2. The molecule has 4 aromatic carbocycles. The molecule has 0 fully saturated rings. The fourth-order valence-corrected chi connectivity index (χ4v) is 6.41. The van der Waals surface area contributed by atoms with Gasteiger partial charge in [-0.1, -0.05) is 84.4 Å². The molecule has 7 rings (SSSR count). The highest BCUT2D eigenvalue weighted by Crippen LogP contribution is 2.53. The Hall–Kier alpha value is -4.97. The average molecular weight is 541 g/mol. The third kappa shape index (κ3) is 3.60. The molecule has 6 heteroatoms. The number of hydrogen-bond donors (Lipinski definition) is 0. The molecule has 1 unspecified atom stereocenters. The van der Waals surface area contributed by atoms with E-state index in [4.69, 9.17) is 4.42 Å². The summed E-state index contributed by atoms with van der Waals surface area (Å²) in [5.74, 6) is -0.821. The molecule has 1 spiro atoms. The van der Waals surface area contributed by atoms with E-state index in [1.165, 1.54) is 0 Å². The van der Waals surface area contributed by atoms with Crippen molar-refractivity contribution >= 4 is 28.5 Å². The largest absolute Gasteiger partial charge is 0.450 e. The molecule has 0 saturated carbocycles. The second-order valence-corrected chi connectivity index (χ2v) is 10.9. The van der Waals surface area contributed by atoms with Crippen LogP contribution in [0.5, 0.6) is 0 Å². The second-order valence-electron chi connectivity index (χ2n) is 10.9. The molecule has 5 aromatic rings. The predicted molar refractivity (Wildman–Crippen MR) is 158 cm³/mol. The highest BCUT2D eigenvalue weighted by atomic mass is 16.3. The maximum Gasteiger partial charge on any atom is 0.291 e. The van der Waals surface area contributed by atoms with Crippen LogP contribution in [0.4, 0.5) is 5.69 Å². The lowest BCUT2D eigenvalue weighted by Crippen LogP contribution is -2.53. The van der Waals surface area contributed by atoms with Gasteiger partial charge in [-0.2, -0.15) is 0 Å². The van der Waals surface area contributed by atoms with E-state index in [-0.39, 0.29) is 29.2 Å². The molecule has 0 saturated heterocycles. The third-order valence-electron chi connectivity index (χ3n) is 8.45. The first kappa shape index (κ1) is 25.0. The number of anilines is 1. The van der Waals surface area contributed by atoms with Crippen LogP contribution in [-0.2, 0) is 23.3 Å². The highest BCUT2D eigenvalue weighted by Gasteiger charge is 2.64. The Bertz CT molecular complexity index is 1930. The van der Waals surface area contributed by atoms with Crippen LogP contribution in [-0.4, -0.2) is 23.3 Å². The third-order valence-corrected chi connectivity index (χ3v) is 8.45. The molecule has 0 aliphatic carbocycles. The van der Waals surface area contributed by atoms with Crippen molar-refractivity contribution < 1.29 is 14.0 Å². The van der Waals surface area contributed by atoms with Crippen LogP contribution in [0.1, 0.15) is 43.9 Å². The van der Waals surface area contributed by atoms with E-state index in [2.05, 4.69) is 0 Å². The van der Waals surface area contributed by atoms with Crippen LogP contribution in [0.2, 0.25) is 0 Å². The fraction of sp³-hybridized carbons (Fsp3) is 0.171. The van der Waals surface area contributed by atoms with Crippen molar-refractivity contribution in [3.63, 3.8) is 0 Å². The Morgan fingerprint density at radius 1 is 0.805 bits per heavy atom. The summed E-state index contributed by atoms with van der Waals surface area (Å²) in [6.45, 7) is 4.47. The molecule has 2 aliphatic rings. The second kappa shape index (κ2) is 9.30. The van der Waals surface area contributed by atoms with Gasteiger partial charge in [0.2, 0.25) is 5.76 Å². The quantitative estimate of drug-likeness (QED) is 0.278. The van der Waals surface area contributed by atoms with Crippen molar-refractivity contribution in [1.82, 2.24) is 4.90 Å². The predicted octanol–water partition coefficient (Wildman–Crippen LogP) is 5.90. The van der Waals surface area contributed by atoms with E-state index in [0.717, 1.165) is 22.3 Å². The standard InChI is InChI=1S/C35H28N2O4/c1-22-16-17-29-26(20-22)31(38)30-32(41-29)33(39)37(19-18-24-11-4-3-5-12-24)35(30)27-14-8-9-15-28(27)36(34(35)40)21-25-13-7-6-10-23(25)2/h3-17,20H,18-19,21H2,1-2H3. The summed E-state index contributed by atoms with van der Waals surface area (Å²) in [4.78, 5) is 46.8. The summed E-state index contributed by atoms with van der Waals surface area (Å²) in [5, 5.41) is 0.364. The molecule has 1 aromatic heterocycles. The summed E-state index contributed by atoms with van der Waals surface area (Å²) in [6, 6.07) is 30.6. The van der Waals surface area contributed by atoms with Crippen molar-refractivity contribution in [3.8, 4) is 0 Å². The number of carbonyl (C=O) groups excluding carboxylic acids is 2. The first-order valence-corrected chi connectivity index (χ1v) is 13.8. The number of benzene rings is 4. The molecule has 202 valence electrons. The number of rotatable bonds is 5. The minimum absolute atomic E-state index is 0.0553. The number of aryl methyl sites for hydroxylation is 2. The zero-order valence-corrected chi connectivity index (χ0v) is 22.9. The van der Waals surface area contributed by atoms with Gasteiger partial charge in [-0.25, -0.2) is 0 Å². The monoisotopic (exact) mass is 540 g/mol. The van der Waals surface area contributed by atoms with E-state index in [1.54, 1.807) is 21.9 Å². The van der Waals surface area contributed by atoms with E-state index in [0.29, 0.717) is 35.2 Å². The van der Waals surface area contributed by atoms with Crippen LogP contribution < -0.4 is 10.3 Å². The summed E-state index contributed by atoms with van der Waals surface area (Å²) >= 11 is 0. The lowest BCUT2D eigenvalue weighted by molar-refractivity contribution is -0.126. The van der Waals surface area contributed by atoms with E-state index < -0.39 is 11.4 Å². The van der Waals surface area contributed by atoms with E-state index >= 15 is 0 Å². The average Bonchev–Trinajstić information content (AvgIpc) is 3.38. The lowest BCUT2D eigenvalue weighted by atomic mass is 9.83. The summed E-state index contributed by atoms with van der Waals surface area (Å²) < 4.78 is 6.20. The van der Waals surface area contributed by atoms with Crippen molar-refractivity contribution in [1.29, 1.82) is 0 Å². The molecular weight excluding hydrogens is 512 g/mol. The SMILES string of the molecule is Cc1ccc2oc3c(c(=O)c2c1)C1(C(=O)N(Cc2ccccc2C)c2ccccc21)N(CCc1ccccc1)C3=O. The summed E-state index contributed by atoms with van der Waals surface area (Å²) in [7, 11) is 0. The van der Waals surface area contributed by atoms with Crippen LogP contribution >= 0.6 is 0 Å². The number of fused-ring (bicyclic) bond motifs is 5. The normalized spacial score (nSPS) is 17.5. The van der Waals surface area contributed by atoms with Crippen LogP contribution in [0.15, 0.2) is 106 Å². The van der Waals surface area contributed by atoms with Crippen LogP contribution in [0.25, 0.3) is 11.0 Å². The molecular formula is C35H28N2O4. The van der Waals surface area contributed by atoms with Crippen molar-refractivity contribution in [2.75, 3.05) is 11.4 Å². The molecule has 0 N–H and O–H groups in total. The van der Waals surface area contributed by atoms with Gasteiger partial charge in [-0.05, 0) is 55.2 Å². The van der Waals surface area contributed by atoms with Crippen molar-refractivity contribution in [3.05, 3.63) is 146 Å². The number of para-hydroxylation sites is 1. The maximum absolute atomic E-state index is 14.9. The van der Waals surface area contributed by atoms with E-state index in [1.807, 2.05) is 98.8 Å². The van der Waals surface area contributed by atoms with Gasteiger partial charge in [0.1, 0.15) is 5.58 Å². The molecule has 2 aliphatic heterocycles. The summed E-state index contributed by atoms with van der Waals surface area (Å²) in [6.07, 6.45) is 0.516. The van der Waals surface area contributed by atoms with Crippen LogP contribution in [0, 0.1) is 13.8 Å². The van der Waals surface area contributed by atoms with Gasteiger partial charge in [-0.15, -0.1) is 0 Å². The van der Waals surface area contributed by atoms with Gasteiger partial charge >= 0.3 is 0 Å². The number of amides is 2. The minimum atomic E-state index is -1.63. The van der Waals surface area contributed by atoms with Gasteiger partial charge in [0.15, 0.2) is 11.0 Å². The lowest BCUT2D eigenvalue weighted by Gasteiger charge is -2.34. The summed E-state index contributed by atoms with van der Waals surface area (Å²) in [5.41, 5.74) is 3.76. The van der Waals surface area contributed by atoms with Gasteiger partial charge in [-0.3, -0.25) is 14.4 Å². The molecule has 41 heavy (non-hydrogen) atoms. The zero-order valence-electron chi connectivity index (χ0n) is 22.9. The minimum Gasteiger partial charge on any atom is -0.450 e. The molecule has 0 bridgehead atoms. The van der Waals surface area contributed by atoms with Gasteiger partial charge in [0.25, 0.3) is 11.8 Å². The van der Waals surface area contributed by atoms with Crippen molar-refractivity contribution in [2.45, 2.75) is 32.4 Å². The molecule has 6 nitrogen and oxygen atoms in total. The van der Waals surface area contributed by atoms with Crippen LogP contribution in [0.3, 0.4) is 0 Å². The maximum atomic E-state index is 14.9. The van der Waals surface area contributed by atoms with Crippen molar-refractivity contribution in [2.24, 2.45) is 0 Å². The Morgan fingerprint density at radius 3 is 2.34 bits per heavy atom. The number of nitrogens with zero attached hydrogens (tertiary/aromatic N) is 2. The molecule has 2 amide bonds. The van der Waals surface area contributed by atoms with Gasteiger partial charge in [0.05, 0.1) is 23.2 Å². The molecule has 0 radical (unpaired) electrons. The smallest absolute Gasteiger partial charge is 0.291 e. The fourth-order valence-electron chi connectivity index (χ4n) is 6.41. The molecule has 1 atom stereocenters. The first-order chi connectivity index (χ1) is 19.9. The highest BCUT2D eigenvalue weighted by molar-refractivity contribution is 6.17. The Kier molecular flexibility index (Phi) is 5.68. The Balaban J connectivity index is 1.48. The number of hydrogen-bond acceptors (Lipinski definition) is 4.